The Labute approximate surface area is 389 Å². The number of carbonyl (C=O) groups excluding carboxylic acids is 2. The van der Waals surface area contributed by atoms with Crippen molar-refractivity contribution in [1.29, 1.82) is 0 Å². The number of aliphatic hydroxyl groups excluding tert-OH is 3. The Morgan fingerprint density at radius 2 is 0.938 bits per heavy atom. The molecular weight excluding hydrogens is 837 g/mol. The summed E-state index contributed by atoms with van der Waals surface area (Å²) in [4.78, 5) is 25.5. The lowest BCUT2D eigenvalue weighted by molar-refractivity contribution is -0.297. The van der Waals surface area contributed by atoms with Crippen LogP contribution in [0.25, 0.3) is 0 Å². The standard InChI is InChI=1S/C51H92O12S/c1-3-5-7-9-11-13-15-17-19-20-21-22-23-24-26-28-30-32-34-36-38-40-47(53)62-44(42-61-51-50(56)49(55)48(54)45(63-51)43-64(57,58)59)41-60-46(52)39-37-35-33-31-29-27-25-18-16-14-12-10-8-6-4-2/h17-19,25,29,31,44-45,48-51,54-56H,3-16,20-24,26-28,30,32-43H2,1-2H3,(H,57,58,59)/b19-17+,25-18+,31-29+/t44-,45-,48-,49?,50?,51+/m1/s1. The number of rotatable bonds is 43. The first-order valence-corrected chi connectivity index (χ1v) is 27.2. The fourth-order valence-electron chi connectivity index (χ4n) is 7.70. The largest absolute Gasteiger partial charge is 0.462 e. The van der Waals surface area contributed by atoms with E-state index >= 15 is 0 Å². The van der Waals surface area contributed by atoms with E-state index in [9.17, 15) is 37.9 Å². The number of ether oxygens (including phenoxy) is 4. The topological polar surface area (TPSA) is 186 Å². The maximum Gasteiger partial charge on any atom is 0.306 e. The zero-order valence-electron chi connectivity index (χ0n) is 40.1. The first kappa shape index (κ1) is 59.9. The van der Waals surface area contributed by atoms with Crippen LogP contribution in [0.15, 0.2) is 36.5 Å². The van der Waals surface area contributed by atoms with Gasteiger partial charge in [0, 0.05) is 12.8 Å². The highest BCUT2D eigenvalue weighted by molar-refractivity contribution is 7.85. The van der Waals surface area contributed by atoms with E-state index in [0.29, 0.717) is 12.8 Å². The Bertz CT molecular complexity index is 1320. The molecule has 0 spiro atoms. The second kappa shape index (κ2) is 41.1. The van der Waals surface area contributed by atoms with Crippen molar-refractivity contribution in [2.24, 2.45) is 0 Å². The van der Waals surface area contributed by atoms with Gasteiger partial charge in [0.1, 0.15) is 36.8 Å². The molecule has 4 N–H and O–H groups in total. The van der Waals surface area contributed by atoms with Gasteiger partial charge in [-0.3, -0.25) is 14.1 Å². The van der Waals surface area contributed by atoms with Crippen LogP contribution in [0.3, 0.4) is 0 Å². The van der Waals surface area contributed by atoms with Gasteiger partial charge < -0.3 is 34.3 Å². The number of allylic oxidation sites excluding steroid dienone is 6. The summed E-state index contributed by atoms with van der Waals surface area (Å²) >= 11 is 0. The third kappa shape index (κ3) is 35.1. The molecule has 1 saturated heterocycles. The molecule has 1 aliphatic heterocycles. The van der Waals surface area contributed by atoms with E-state index in [1.54, 1.807) is 0 Å². The number of hydrogen-bond donors (Lipinski definition) is 4. The summed E-state index contributed by atoms with van der Waals surface area (Å²) in [5.41, 5.74) is 0. The Morgan fingerprint density at radius 1 is 0.531 bits per heavy atom. The van der Waals surface area contributed by atoms with Crippen LogP contribution >= 0.6 is 0 Å². The molecule has 1 rings (SSSR count). The molecule has 0 aromatic carbocycles. The predicted molar refractivity (Wildman–Crippen MR) is 256 cm³/mol. The van der Waals surface area contributed by atoms with Gasteiger partial charge in [0.2, 0.25) is 0 Å². The van der Waals surface area contributed by atoms with E-state index in [1.807, 2.05) is 0 Å². The predicted octanol–water partition coefficient (Wildman–Crippen LogP) is 11.3. The Kier molecular flexibility index (Phi) is 38.4. The summed E-state index contributed by atoms with van der Waals surface area (Å²) in [6.07, 6.45) is 39.0. The molecule has 2 unspecified atom stereocenters. The van der Waals surface area contributed by atoms with Gasteiger partial charge in [-0.2, -0.15) is 8.42 Å². The van der Waals surface area contributed by atoms with Crippen LogP contribution in [0.2, 0.25) is 0 Å². The van der Waals surface area contributed by atoms with Crippen LogP contribution in [-0.2, 0) is 38.7 Å². The molecule has 0 amide bonds. The molecule has 0 aliphatic carbocycles. The third-order valence-electron chi connectivity index (χ3n) is 11.7. The van der Waals surface area contributed by atoms with E-state index < -0.39 is 71.2 Å². The van der Waals surface area contributed by atoms with Crippen LogP contribution in [0.4, 0.5) is 0 Å². The Morgan fingerprint density at radius 3 is 1.42 bits per heavy atom. The molecule has 12 nitrogen and oxygen atoms in total. The summed E-state index contributed by atoms with van der Waals surface area (Å²) in [6, 6.07) is 0. The van der Waals surface area contributed by atoms with E-state index in [0.717, 1.165) is 44.9 Å². The molecule has 13 heteroatoms. The molecule has 0 bridgehead atoms. The van der Waals surface area contributed by atoms with Crippen LogP contribution in [0.1, 0.15) is 219 Å². The van der Waals surface area contributed by atoms with Crippen LogP contribution in [-0.4, -0.2) is 96.0 Å². The lowest BCUT2D eigenvalue weighted by atomic mass is 10.00. The van der Waals surface area contributed by atoms with Crippen molar-refractivity contribution in [1.82, 2.24) is 0 Å². The second-order valence-electron chi connectivity index (χ2n) is 17.8. The smallest absolute Gasteiger partial charge is 0.306 e. The van der Waals surface area contributed by atoms with Crippen molar-refractivity contribution in [2.45, 2.75) is 256 Å². The average Bonchev–Trinajstić information content (AvgIpc) is 3.26. The lowest BCUT2D eigenvalue weighted by Gasteiger charge is -2.40. The average molecular weight is 929 g/mol. The number of carbonyl (C=O) groups is 2. The second-order valence-corrected chi connectivity index (χ2v) is 19.3. The molecule has 1 aliphatic rings. The normalized spacial score (nSPS) is 19.9. The molecular formula is C51H92O12S. The number of unbranched alkanes of at least 4 members (excludes halogenated alkanes) is 25. The van der Waals surface area contributed by atoms with Crippen molar-refractivity contribution in [3.63, 3.8) is 0 Å². The maximum atomic E-state index is 12.9. The molecule has 0 aromatic heterocycles. The van der Waals surface area contributed by atoms with Gasteiger partial charge in [0.05, 0.1) is 6.61 Å². The van der Waals surface area contributed by atoms with Gasteiger partial charge >= 0.3 is 11.9 Å². The van der Waals surface area contributed by atoms with E-state index in [-0.39, 0.29) is 19.4 Å². The quantitative estimate of drug-likeness (QED) is 0.0196. The number of aliphatic hydroxyl groups is 3. The molecule has 0 radical (unpaired) electrons. The van der Waals surface area contributed by atoms with Gasteiger partial charge in [-0.1, -0.05) is 172 Å². The summed E-state index contributed by atoms with van der Waals surface area (Å²) in [5.74, 6) is -2.02. The molecule has 1 fully saturated rings. The molecule has 374 valence electrons. The minimum Gasteiger partial charge on any atom is -0.462 e. The van der Waals surface area contributed by atoms with Gasteiger partial charge in [-0.25, -0.2) is 0 Å². The molecule has 1 heterocycles. The van der Waals surface area contributed by atoms with Gasteiger partial charge in [0.25, 0.3) is 10.1 Å². The monoisotopic (exact) mass is 929 g/mol. The third-order valence-corrected chi connectivity index (χ3v) is 12.4. The number of hydrogen-bond acceptors (Lipinski definition) is 11. The minimum absolute atomic E-state index is 0.158. The lowest BCUT2D eigenvalue weighted by Crippen LogP contribution is -2.60. The van der Waals surface area contributed by atoms with Crippen molar-refractivity contribution in [3.8, 4) is 0 Å². The SMILES string of the molecule is CCCCCCCC/C=C/C/C=C/CCCCC(=O)OC[C@H](CO[C@H]1O[C@H](CS(=O)(=O)O)[C@@H](O)C(O)C1O)OC(=O)CCCCCCCCCCCCC/C=C/CCCCCCCC. The van der Waals surface area contributed by atoms with Crippen molar-refractivity contribution < 1.29 is 56.8 Å². The fourth-order valence-corrected chi connectivity index (χ4v) is 8.39. The van der Waals surface area contributed by atoms with Gasteiger partial charge in [0.15, 0.2) is 12.4 Å². The summed E-state index contributed by atoms with van der Waals surface area (Å²) in [7, 11) is -4.61. The molecule has 64 heavy (non-hydrogen) atoms. The maximum absolute atomic E-state index is 12.9. The Balaban J connectivity index is 2.39. The molecule has 0 saturated carbocycles. The molecule has 6 atom stereocenters. The highest BCUT2D eigenvalue weighted by Crippen LogP contribution is 2.24. The highest BCUT2D eigenvalue weighted by Gasteiger charge is 2.46. The summed E-state index contributed by atoms with van der Waals surface area (Å²) in [6.45, 7) is 3.74. The number of esters is 2. The first-order valence-electron chi connectivity index (χ1n) is 25.5. The zero-order chi connectivity index (χ0) is 46.9. The zero-order valence-corrected chi connectivity index (χ0v) is 41.0. The molecule has 0 aromatic rings. The van der Waals surface area contributed by atoms with Crippen molar-refractivity contribution in [3.05, 3.63) is 36.5 Å². The minimum atomic E-state index is -4.61. The van der Waals surface area contributed by atoms with E-state index in [2.05, 4.69) is 50.3 Å². The summed E-state index contributed by atoms with van der Waals surface area (Å²) < 4.78 is 54.2. The van der Waals surface area contributed by atoms with E-state index in [1.165, 1.54) is 135 Å². The first-order chi connectivity index (χ1) is 31.0. The fraction of sp³-hybridized carbons (Fsp3) is 0.843. The van der Waals surface area contributed by atoms with Crippen LogP contribution in [0, 0.1) is 0 Å². The summed E-state index contributed by atoms with van der Waals surface area (Å²) in [5, 5.41) is 31.0. The van der Waals surface area contributed by atoms with Gasteiger partial charge in [-0.15, -0.1) is 0 Å². The van der Waals surface area contributed by atoms with E-state index in [4.69, 9.17) is 18.9 Å². The van der Waals surface area contributed by atoms with Gasteiger partial charge in [-0.05, 0) is 70.6 Å². The van der Waals surface area contributed by atoms with Crippen LogP contribution in [0.5, 0.6) is 0 Å². The van der Waals surface area contributed by atoms with Crippen molar-refractivity contribution in [2.75, 3.05) is 19.0 Å². The van der Waals surface area contributed by atoms with Crippen molar-refractivity contribution >= 4 is 22.1 Å². The van der Waals surface area contributed by atoms with Crippen LogP contribution < -0.4 is 0 Å². The Hall–Kier alpha value is -2.13. The highest BCUT2D eigenvalue weighted by atomic mass is 32.2.